The standard InChI is InChI=1S/C21H18/c1-13-7-9-16-17-10-8-14(2)12-20(17)21-15(3)5-4-6-18(21)19(16)11-13/h4-12H,1-3H3. The highest BCUT2D eigenvalue weighted by Gasteiger charge is 2.10. The van der Waals surface area contributed by atoms with Gasteiger partial charge in [0.05, 0.1) is 0 Å². The molecule has 0 radical (unpaired) electrons. The van der Waals surface area contributed by atoms with E-state index in [1.165, 1.54) is 49.0 Å². The third-order valence-corrected chi connectivity index (χ3v) is 4.47. The van der Waals surface area contributed by atoms with Gasteiger partial charge in [0.1, 0.15) is 0 Å². The molecule has 0 heterocycles. The first kappa shape index (κ1) is 12.4. The first-order chi connectivity index (χ1) is 10.1. The number of hydrogen-bond acceptors (Lipinski definition) is 0. The smallest absolute Gasteiger partial charge is 0.00696 e. The minimum absolute atomic E-state index is 1.32. The number of benzene rings is 4. The SMILES string of the molecule is Cc1ccc2c(c1)c1cccc(C)c1c1cc(C)ccc21. The second-order valence-electron chi connectivity index (χ2n) is 6.10. The van der Waals surface area contributed by atoms with Crippen LogP contribution in [0.25, 0.3) is 32.3 Å². The predicted octanol–water partition coefficient (Wildman–Crippen LogP) is 6.07. The van der Waals surface area contributed by atoms with E-state index in [9.17, 15) is 0 Å². The van der Waals surface area contributed by atoms with Crippen LogP contribution in [0.15, 0.2) is 54.6 Å². The molecule has 0 unspecified atom stereocenters. The van der Waals surface area contributed by atoms with Crippen LogP contribution in [0.2, 0.25) is 0 Å². The Morgan fingerprint density at radius 1 is 0.524 bits per heavy atom. The molecule has 0 nitrogen and oxygen atoms in total. The molecule has 21 heavy (non-hydrogen) atoms. The first-order valence-electron chi connectivity index (χ1n) is 7.47. The summed E-state index contributed by atoms with van der Waals surface area (Å²) < 4.78 is 0. The maximum Gasteiger partial charge on any atom is -0.00696 e. The molecule has 0 saturated heterocycles. The molecule has 0 atom stereocenters. The molecule has 0 N–H and O–H groups in total. The maximum absolute atomic E-state index is 2.32. The summed E-state index contributed by atoms with van der Waals surface area (Å²) in [5.41, 5.74) is 3.99. The van der Waals surface area contributed by atoms with Crippen LogP contribution in [-0.2, 0) is 0 Å². The molecule has 0 amide bonds. The van der Waals surface area contributed by atoms with E-state index in [4.69, 9.17) is 0 Å². The quantitative estimate of drug-likeness (QED) is 0.340. The van der Waals surface area contributed by atoms with E-state index >= 15 is 0 Å². The van der Waals surface area contributed by atoms with E-state index in [1.54, 1.807) is 0 Å². The molecule has 0 fully saturated rings. The lowest BCUT2D eigenvalue weighted by Crippen LogP contribution is -1.87. The molecule has 0 spiro atoms. The van der Waals surface area contributed by atoms with Crippen molar-refractivity contribution in [2.75, 3.05) is 0 Å². The molecule has 0 aliphatic carbocycles. The topological polar surface area (TPSA) is 0 Å². The van der Waals surface area contributed by atoms with Gasteiger partial charge in [0.25, 0.3) is 0 Å². The molecule has 0 aliphatic rings. The van der Waals surface area contributed by atoms with Crippen molar-refractivity contribution in [2.45, 2.75) is 20.8 Å². The van der Waals surface area contributed by atoms with Crippen molar-refractivity contribution in [3.63, 3.8) is 0 Å². The van der Waals surface area contributed by atoms with Gasteiger partial charge in [-0.2, -0.15) is 0 Å². The normalized spacial score (nSPS) is 11.6. The number of aryl methyl sites for hydroxylation is 3. The van der Waals surface area contributed by atoms with Gasteiger partial charge in [-0.3, -0.25) is 0 Å². The molecule has 0 aliphatic heterocycles. The van der Waals surface area contributed by atoms with Gasteiger partial charge in [-0.1, -0.05) is 65.7 Å². The van der Waals surface area contributed by atoms with Gasteiger partial charge in [-0.05, 0) is 58.7 Å². The average molecular weight is 270 g/mol. The Morgan fingerprint density at radius 2 is 1.14 bits per heavy atom. The lowest BCUT2D eigenvalue weighted by molar-refractivity contribution is 1.49. The molecule has 4 aromatic carbocycles. The van der Waals surface area contributed by atoms with Crippen LogP contribution in [0.5, 0.6) is 0 Å². The van der Waals surface area contributed by atoms with Crippen LogP contribution in [0.1, 0.15) is 16.7 Å². The molecule has 0 aromatic heterocycles. The molecular weight excluding hydrogens is 252 g/mol. The fourth-order valence-corrected chi connectivity index (χ4v) is 3.47. The van der Waals surface area contributed by atoms with Gasteiger partial charge < -0.3 is 0 Å². The monoisotopic (exact) mass is 270 g/mol. The molecule has 102 valence electrons. The van der Waals surface area contributed by atoms with Crippen LogP contribution < -0.4 is 0 Å². The van der Waals surface area contributed by atoms with Crippen molar-refractivity contribution in [3.05, 3.63) is 71.3 Å². The third-order valence-electron chi connectivity index (χ3n) is 4.47. The molecule has 4 aromatic rings. The highest BCUT2D eigenvalue weighted by molar-refractivity contribution is 6.26. The van der Waals surface area contributed by atoms with Crippen LogP contribution in [0.4, 0.5) is 0 Å². The summed E-state index contributed by atoms with van der Waals surface area (Å²) in [6, 6.07) is 20.2. The lowest BCUT2D eigenvalue weighted by atomic mass is 9.91. The Kier molecular flexibility index (Phi) is 2.56. The van der Waals surface area contributed by atoms with E-state index in [-0.39, 0.29) is 0 Å². The maximum atomic E-state index is 2.32. The highest BCUT2D eigenvalue weighted by atomic mass is 14.1. The van der Waals surface area contributed by atoms with Crippen molar-refractivity contribution in [3.8, 4) is 0 Å². The summed E-state index contributed by atoms with van der Waals surface area (Å²) >= 11 is 0. The molecule has 4 rings (SSSR count). The van der Waals surface area contributed by atoms with E-state index < -0.39 is 0 Å². The van der Waals surface area contributed by atoms with Crippen molar-refractivity contribution in [1.29, 1.82) is 0 Å². The minimum atomic E-state index is 1.32. The second-order valence-corrected chi connectivity index (χ2v) is 6.10. The Bertz CT molecular complexity index is 1010. The van der Waals surface area contributed by atoms with Gasteiger partial charge in [0, 0.05) is 0 Å². The summed E-state index contributed by atoms with van der Waals surface area (Å²) in [6.07, 6.45) is 0. The van der Waals surface area contributed by atoms with Crippen LogP contribution in [-0.4, -0.2) is 0 Å². The summed E-state index contributed by atoms with van der Waals surface area (Å²) in [6.45, 7) is 6.55. The summed E-state index contributed by atoms with van der Waals surface area (Å²) in [7, 11) is 0. The largest absolute Gasteiger partial charge is 0.0613 e. The molecule has 0 bridgehead atoms. The Labute approximate surface area is 125 Å². The predicted molar refractivity (Wildman–Crippen MR) is 93.2 cm³/mol. The first-order valence-corrected chi connectivity index (χ1v) is 7.47. The van der Waals surface area contributed by atoms with Crippen molar-refractivity contribution >= 4 is 32.3 Å². The summed E-state index contributed by atoms with van der Waals surface area (Å²) in [5.74, 6) is 0. The van der Waals surface area contributed by atoms with Crippen molar-refractivity contribution < 1.29 is 0 Å². The Balaban J connectivity index is 2.43. The second kappa shape index (κ2) is 4.33. The van der Waals surface area contributed by atoms with Crippen LogP contribution in [0.3, 0.4) is 0 Å². The highest BCUT2D eigenvalue weighted by Crippen LogP contribution is 2.37. The Hall–Kier alpha value is -2.34. The van der Waals surface area contributed by atoms with E-state index in [2.05, 4.69) is 75.4 Å². The minimum Gasteiger partial charge on any atom is -0.0613 e. The van der Waals surface area contributed by atoms with Crippen LogP contribution >= 0.6 is 0 Å². The lowest BCUT2D eigenvalue weighted by Gasteiger charge is -2.13. The van der Waals surface area contributed by atoms with Gasteiger partial charge in [0.2, 0.25) is 0 Å². The van der Waals surface area contributed by atoms with Crippen molar-refractivity contribution in [1.82, 2.24) is 0 Å². The van der Waals surface area contributed by atoms with E-state index in [0.29, 0.717) is 0 Å². The number of hydrogen-bond donors (Lipinski definition) is 0. The third kappa shape index (κ3) is 1.76. The van der Waals surface area contributed by atoms with Gasteiger partial charge >= 0.3 is 0 Å². The zero-order valence-electron chi connectivity index (χ0n) is 12.7. The molecule has 0 heteroatoms. The van der Waals surface area contributed by atoms with Crippen molar-refractivity contribution in [2.24, 2.45) is 0 Å². The zero-order chi connectivity index (χ0) is 14.6. The fraction of sp³-hybridized carbons (Fsp3) is 0.143. The zero-order valence-corrected chi connectivity index (χ0v) is 12.7. The van der Waals surface area contributed by atoms with Crippen LogP contribution in [0, 0.1) is 20.8 Å². The summed E-state index contributed by atoms with van der Waals surface area (Å²) in [5, 5.41) is 8.22. The van der Waals surface area contributed by atoms with E-state index in [1.807, 2.05) is 0 Å². The fourth-order valence-electron chi connectivity index (χ4n) is 3.47. The van der Waals surface area contributed by atoms with Gasteiger partial charge in [0.15, 0.2) is 0 Å². The van der Waals surface area contributed by atoms with Gasteiger partial charge in [-0.25, -0.2) is 0 Å². The molecule has 0 saturated carbocycles. The van der Waals surface area contributed by atoms with Gasteiger partial charge in [-0.15, -0.1) is 0 Å². The number of fused-ring (bicyclic) bond motifs is 6. The molecular formula is C21H18. The number of rotatable bonds is 0. The Morgan fingerprint density at radius 3 is 1.86 bits per heavy atom. The van der Waals surface area contributed by atoms with E-state index in [0.717, 1.165) is 0 Å². The summed E-state index contributed by atoms with van der Waals surface area (Å²) in [4.78, 5) is 0. The average Bonchev–Trinajstić information content (AvgIpc) is 2.47.